The van der Waals surface area contributed by atoms with Gasteiger partial charge in [0, 0.05) is 17.7 Å². The number of aromatic nitrogens is 1. The Bertz CT molecular complexity index is 887. The molecule has 8 nitrogen and oxygen atoms in total. The molecular formula is C13H6N4O4. The van der Waals surface area contributed by atoms with Crippen LogP contribution in [-0.4, -0.2) is 15.0 Å². The van der Waals surface area contributed by atoms with Gasteiger partial charge in [-0.25, -0.2) is 0 Å². The normalized spacial score (nSPS) is 9.62. The number of nitrogens with one attached hydrogen (secondary N) is 1. The second-order valence-corrected chi connectivity index (χ2v) is 3.96. The molecule has 0 aliphatic rings. The minimum atomic E-state index is -0.879. The van der Waals surface area contributed by atoms with Crippen LogP contribution in [0.15, 0.2) is 29.1 Å². The first-order valence-corrected chi connectivity index (χ1v) is 5.54. The number of benzene rings is 1. The van der Waals surface area contributed by atoms with Crippen molar-refractivity contribution in [1.29, 1.82) is 10.5 Å². The zero-order valence-electron chi connectivity index (χ0n) is 10.3. The van der Waals surface area contributed by atoms with Crippen molar-refractivity contribution in [3.8, 4) is 29.1 Å². The van der Waals surface area contributed by atoms with E-state index < -0.39 is 21.9 Å². The number of non-ortho nitro benzene ring substituents is 1. The van der Waals surface area contributed by atoms with E-state index in [0.717, 1.165) is 6.07 Å². The maximum absolute atomic E-state index is 11.7. The lowest BCUT2D eigenvalue weighted by Gasteiger charge is -2.07. The number of nitro groups is 1. The molecule has 0 unspecified atom stereocenters. The molecule has 8 heteroatoms. The van der Waals surface area contributed by atoms with Crippen molar-refractivity contribution in [2.75, 3.05) is 0 Å². The van der Waals surface area contributed by atoms with Crippen molar-refractivity contribution >= 4 is 5.69 Å². The maximum atomic E-state index is 11.7. The molecule has 0 amide bonds. The molecule has 102 valence electrons. The third kappa shape index (κ3) is 2.29. The highest BCUT2D eigenvalue weighted by Crippen LogP contribution is 2.31. The van der Waals surface area contributed by atoms with Crippen LogP contribution in [0.3, 0.4) is 0 Å². The van der Waals surface area contributed by atoms with Crippen LogP contribution in [0.4, 0.5) is 5.69 Å². The first-order chi connectivity index (χ1) is 9.99. The minimum Gasteiger partial charge on any atom is -0.494 e. The average Bonchev–Trinajstić information content (AvgIpc) is 2.46. The lowest BCUT2D eigenvalue weighted by Crippen LogP contribution is -2.13. The maximum Gasteiger partial charge on any atom is 0.270 e. The van der Waals surface area contributed by atoms with Crippen molar-refractivity contribution in [3.63, 3.8) is 0 Å². The number of hydrogen-bond acceptors (Lipinski definition) is 6. The number of hydrogen-bond donors (Lipinski definition) is 2. The van der Waals surface area contributed by atoms with Crippen LogP contribution in [0.25, 0.3) is 11.1 Å². The molecule has 0 bridgehead atoms. The zero-order chi connectivity index (χ0) is 15.6. The van der Waals surface area contributed by atoms with Crippen molar-refractivity contribution in [2.45, 2.75) is 0 Å². The third-order valence-corrected chi connectivity index (χ3v) is 2.77. The predicted molar refractivity (Wildman–Crippen MR) is 70.2 cm³/mol. The molecule has 21 heavy (non-hydrogen) atoms. The van der Waals surface area contributed by atoms with E-state index in [1.807, 2.05) is 4.98 Å². The highest BCUT2D eigenvalue weighted by molar-refractivity contribution is 5.78. The van der Waals surface area contributed by atoms with Crippen LogP contribution in [-0.2, 0) is 0 Å². The van der Waals surface area contributed by atoms with Crippen LogP contribution in [0.1, 0.15) is 11.1 Å². The van der Waals surface area contributed by atoms with Gasteiger partial charge in [-0.3, -0.25) is 19.9 Å². The SMILES string of the molecule is N#Cc1c(O)[nH]c(=O)c(C#N)c1-c1cccc([N+](=O)[O-])c1. The third-order valence-electron chi connectivity index (χ3n) is 2.77. The lowest BCUT2D eigenvalue weighted by atomic mass is 9.97. The Kier molecular flexibility index (Phi) is 3.38. The van der Waals surface area contributed by atoms with E-state index in [-0.39, 0.29) is 22.4 Å². The minimum absolute atomic E-state index is 0.124. The highest BCUT2D eigenvalue weighted by Gasteiger charge is 2.20. The topological polar surface area (TPSA) is 144 Å². The van der Waals surface area contributed by atoms with Crippen LogP contribution in [0.5, 0.6) is 5.88 Å². The fourth-order valence-corrected chi connectivity index (χ4v) is 1.87. The molecular weight excluding hydrogens is 276 g/mol. The van der Waals surface area contributed by atoms with Crippen LogP contribution >= 0.6 is 0 Å². The van der Waals surface area contributed by atoms with E-state index in [1.54, 1.807) is 12.1 Å². The van der Waals surface area contributed by atoms with Crippen LogP contribution in [0, 0.1) is 32.8 Å². The van der Waals surface area contributed by atoms with Gasteiger partial charge in [0.25, 0.3) is 11.2 Å². The number of H-pyrrole nitrogens is 1. The van der Waals surface area contributed by atoms with Gasteiger partial charge < -0.3 is 5.11 Å². The van der Waals surface area contributed by atoms with E-state index in [4.69, 9.17) is 10.5 Å². The Hall–Kier alpha value is -3.65. The van der Waals surface area contributed by atoms with Gasteiger partial charge in [0.15, 0.2) is 0 Å². The van der Waals surface area contributed by atoms with Crippen LogP contribution < -0.4 is 5.56 Å². The van der Waals surface area contributed by atoms with Gasteiger partial charge in [-0.15, -0.1) is 0 Å². The number of aromatic hydroxyl groups is 1. The zero-order valence-corrected chi connectivity index (χ0v) is 10.3. The van der Waals surface area contributed by atoms with Crippen LogP contribution in [0.2, 0.25) is 0 Å². The van der Waals surface area contributed by atoms with Crippen molar-refractivity contribution in [1.82, 2.24) is 4.98 Å². The molecule has 2 rings (SSSR count). The largest absolute Gasteiger partial charge is 0.494 e. The van der Waals surface area contributed by atoms with Crippen molar-refractivity contribution in [3.05, 3.63) is 55.9 Å². The molecule has 0 saturated heterocycles. The molecule has 2 N–H and O–H groups in total. The Labute approximate surface area is 117 Å². The molecule has 0 aliphatic carbocycles. The molecule has 0 fully saturated rings. The Morgan fingerprint density at radius 3 is 2.48 bits per heavy atom. The number of nitrogens with zero attached hydrogens (tertiary/aromatic N) is 3. The van der Waals surface area contributed by atoms with Gasteiger partial charge >= 0.3 is 0 Å². The number of rotatable bonds is 2. The molecule has 1 heterocycles. The summed E-state index contributed by atoms with van der Waals surface area (Å²) in [6, 6.07) is 8.42. The number of nitriles is 2. The standard InChI is InChI=1S/C13H6N4O4/c14-5-9-11(10(6-15)13(19)16-12(9)18)7-2-1-3-8(4-7)17(20)21/h1-4H,(H2,16,18,19). The summed E-state index contributed by atoms with van der Waals surface area (Å²) in [5, 5.41) is 38.5. The molecule has 0 aliphatic heterocycles. The van der Waals surface area contributed by atoms with E-state index in [2.05, 4.69) is 0 Å². The molecule has 2 aromatic rings. The van der Waals surface area contributed by atoms with Gasteiger partial charge in [0.2, 0.25) is 5.88 Å². The second-order valence-electron chi connectivity index (χ2n) is 3.96. The summed E-state index contributed by atoms with van der Waals surface area (Å²) in [5.74, 6) is -0.692. The Balaban J connectivity index is 2.90. The molecule has 0 spiro atoms. The molecule has 0 saturated carbocycles. The summed E-state index contributed by atoms with van der Waals surface area (Å²) in [4.78, 5) is 23.8. The van der Waals surface area contributed by atoms with Crippen molar-refractivity contribution in [2.24, 2.45) is 0 Å². The lowest BCUT2D eigenvalue weighted by molar-refractivity contribution is -0.384. The van der Waals surface area contributed by atoms with E-state index in [1.165, 1.54) is 18.2 Å². The summed E-state index contributed by atoms with van der Waals surface area (Å²) in [7, 11) is 0. The quantitative estimate of drug-likeness (QED) is 0.629. The molecule has 1 aromatic heterocycles. The second kappa shape index (κ2) is 5.15. The van der Waals surface area contributed by atoms with E-state index in [0.29, 0.717) is 0 Å². The number of aromatic amines is 1. The average molecular weight is 282 g/mol. The summed E-state index contributed by atoms with van der Waals surface area (Å²) in [6.45, 7) is 0. The molecule has 1 aromatic carbocycles. The van der Waals surface area contributed by atoms with E-state index >= 15 is 0 Å². The van der Waals surface area contributed by atoms with Gasteiger partial charge in [-0.05, 0) is 5.56 Å². The summed E-state index contributed by atoms with van der Waals surface area (Å²) in [6.07, 6.45) is 0. The first-order valence-electron chi connectivity index (χ1n) is 5.54. The van der Waals surface area contributed by atoms with Gasteiger partial charge in [0.05, 0.1) is 4.92 Å². The molecule has 0 radical (unpaired) electrons. The molecule has 0 atom stereocenters. The first kappa shape index (κ1) is 13.8. The fourth-order valence-electron chi connectivity index (χ4n) is 1.87. The Morgan fingerprint density at radius 2 is 1.90 bits per heavy atom. The highest BCUT2D eigenvalue weighted by atomic mass is 16.6. The van der Waals surface area contributed by atoms with Crippen molar-refractivity contribution < 1.29 is 10.0 Å². The summed E-state index contributed by atoms with van der Waals surface area (Å²) < 4.78 is 0. The number of pyridine rings is 1. The van der Waals surface area contributed by atoms with E-state index in [9.17, 15) is 20.0 Å². The smallest absolute Gasteiger partial charge is 0.270 e. The van der Waals surface area contributed by atoms with Gasteiger partial charge in [-0.1, -0.05) is 12.1 Å². The summed E-state index contributed by atoms with van der Waals surface area (Å²) >= 11 is 0. The van der Waals surface area contributed by atoms with Gasteiger partial charge in [-0.2, -0.15) is 10.5 Å². The predicted octanol–water partition coefficient (Wildman–Crippen LogP) is 1.40. The number of nitro benzene ring substituents is 1. The monoisotopic (exact) mass is 282 g/mol. The Morgan fingerprint density at radius 1 is 1.24 bits per heavy atom. The fraction of sp³-hybridized carbons (Fsp3) is 0. The van der Waals surface area contributed by atoms with Gasteiger partial charge in [0.1, 0.15) is 23.3 Å². The summed E-state index contributed by atoms with van der Waals surface area (Å²) in [5.41, 5.74) is -1.88.